The average molecular weight is 412 g/mol. The Kier molecular flexibility index (Phi) is 7.71. The molecule has 2 atom stereocenters. The van der Waals surface area contributed by atoms with Gasteiger partial charge in [0.2, 0.25) is 5.91 Å². The minimum atomic E-state index is 0. The van der Waals surface area contributed by atoms with E-state index < -0.39 is 0 Å². The number of fused-ring (bicyclic) bond motifs is 2. The lowest BCUT2D eigenvalue weighted by atomic mass is 10.1. The molecule has 3 heterocycles. The van der Waals surface area contributed by atoms with E-state index in [4.69, 9.17) is 4.42 Å². The summed E-state index contributed by atoms with van der Waals surface area (Å²) in [5.41, 5.74) is 1.91. The number of amides is 1. The van der Waals surface area contributed by atoms with Crippen LogP contribution in [0.3, 0.4) is 0 Å². The minimum absolute atomic E-state index is 0. The van der Waals surface area contributed by atoms with Crippen LogP contribution < -0.4 is 5.32 Å². The lowest BCUT2D eigenvalue weighted by molar-refractivity contribution is -0.133. The minimum Gasteiger partial charge on any atom is -0.440 e. The Morgan fingerprint density at radius 2 is 1.93 bits per heavy atom. The monoisotopic (exact) mass is 411 g/mol. The second-order valence-electron chi connectivity index (χ2n) is 7.07. The molecular formula is C20H27Cl2N3O2. The van der Waals surface area contributed by atoms with Gasteiger partial charge in [-0.05, 0) is 32.7 Å². The molecule has 1 aromatic carbocycles. The number of aryl methyl sites for hydroxylation is 2. The van der Waals surface area contributed by atoms with Gasteiger partial charge in [-0.15, -0.1) is 24.8 Å². The Hall–Kier alpha value is -1.56. The summed E-state index contributed by atoms with van der Waals surface area (Å²) in [6, 6.07) is 10.8. The van der Waals surface area contributed by atoms with E-state index in [0.717, 1.165) is 49.4 Å². The molecule has 2 aliphatic heterocycles. The van der Waals surface area contributed by atoms with Gasteiger partial charge in [0.05, 0.1) is 5.69 Å². The van der Waals surface area contributed by atoms with E-state index in [1.807, 2.05) is 37.3 Å². The number of benzene rings is 1. The molecule has 2 fully saturated rings. The molecule has 7 heteroatoms. The zero-order chi connectivity index (χ0) is 17.2. The van der Waals surface area contributed by atoms with Crippen molar-refractivity contribution in [3.05, 3.63) is 41.9 Å². The highest BCUT2D eigenvalue weighted by molar-refractivity contribution is 5.85. The number of nitrogens with one attached hydrogen (secondary N) is 1. The fourth-order valence-electron chi connectivity index (χ4n) is 4.15. The summed E-state index contributed by atoms with van der Waals surface area (Å²) < 4.78 is 5.94. The third-order valence-electron chi connectivity index (χ3n) is 5.37. The number of oxazole rings is 1. The van der Waals surface area contributed by atoms with Crippen molar-refractivity contribution in [3.63, 3.8) is 0 Å². The predicted octanol–water partition coefficient (Wildman–Crippen LogP) is 3.78. The molecule has 4 rings (SSSR count). The SMILES string of the molecule is Cc1nc(CCC(=O)N2C3CCNCC2CC3)oc1-c1ccccc1.Cl.Cl. The van der Waals surface area contributed by atoms with Crippen LogP contribution >= 0.6 is 24.8 Å². The normalized spacial score (nSPS) is 21.1. The Bertz CT molecular complexity index is 737. The van der Waals surface area contributed by atoms with Crippen LogP contribution in [-0.2, 0) is 11.2 Å². The van der Waals surface area contributed by atoms with E-state index in [0.29, 0.717) is 30.8 Å². The molecule has 0 radical (unpaired) electrons. The van der Waals surface area contributed by atoms with Gasteiger partial charge in [-0.25, -0.2) is 4.98 Å². The molecule has 0 aliphatic carbocycles. The van der Waals surface area contributed by atoms with E-state index in [2.05, 4.69) is 15.2 Å². The molecule has 148 valence electrons. The number of rotatable bonds is 4. The third-order valence-corrected chi connectivity index (χ3v) is 5.37. The molecule has 1 N–H and O–H groups in total. The van der Waals surface area contributed by atoms with E-state index >= 15 is 0 Å². The van der Waals surface area contributed by atoms with Crippen molar-refractivity contribution in [1.82, 2.24) is 15.2 Å². The van der Waals surface area contributed by atoms with Crippen LogP contribution in [0.5, 0.6) is 0 Å². The van der Waals surface area contributed by atoms with Crippen molar-refractivity contribution in [2.75, 3.05) is 13.1 Å². The average Bonchev–Trinajstić information content (AvgIpc) is 3.12. The second kappa shape index (κ2) is 9.58. The van der Waals surface area contributed by atoms with Crippen molar-refractivity contribution >= 4 is 30.7 Å². The van der Waals surface area contributed by atoms with Crippen LogP contribution in [-0.4, -0.2) is 41.0 Å². The Morgan fingerprint density at radius 1 is 1.19 bits per heavy atom. The topological polar surface area (TPSA) is 58.4 Å². The fourth-order valence-corrected chi connectivity index (χ4v) is 4.15. The van der Waals surface area contributed by atoms with E-state index in [1.165, 1.54) is 0 Å². The van der Waals surface area contributed by atoms with Crippen molar-refractivity contribution in [3.8, 4) is 11.3 Å². The molecule has 5 nitrogen and oxygen atoms in total. The summed E-state index contributed by atoms with van der Waals surface area (Å²) in [7, 11) is 0. The predicted molar refractivity (Wildman–Crippen MR) is 111 cm³/mol. The molecule has 2 unspecified atom stereocenters. The number of carbonyl (C=O) groups excluding carboxylic acids is 1. The van der Waals surface area contributed by atoms with Gasteiger partial charge < -0.3 is 14.6 Å². The molecule has 1 aromatic heterocycles. The van der Waals surface area contributed by atoms with Crippen molar-refractivity contribution < 1.29 is 9.21 Å². The van der Waals surface area contributed by atoms with E-state index in [1.54, 1.807) is 0 Å². The summed E-state index contributed by atoms with van der Waals surface area (Å²) in [6.45, 7) is 3.90. The molecule has 0 saturated carbocycles. The van der Waals surface area contributed by atoms with Gasteiger partial charge in [0, 0.05) is 37.0 Å². The van der Waals surface area contributed by atoms with Gasteiger partial charge in [-0.2, -0.15) is 0 Å². The Balaban J connectivity index is 0.00000131. The highest BCUT2D eigenvalue weighted by atomic mass is 35.5. The maximum absolute atomic E-state index is 12.8. The van der Waals surface area contributed by atoms with Crippen LogP contribution in [0.1, 0.15) is 37.3 Å². The third kappa shape index (κ3) is 4.65. The summed E-state index contributed by atoms with van der Waals surface area (Å²) in [5.74, 6) is 1.71. The lowest BCUT2D eigenvalue weighted by Crippen LogP contribution is -2.42. The van der Waals surface area contributed by atoms with Crippen LogP contribution in [0.15, 0.2) is 34.7 Å². The van der Waals surface area contributed by atoms with Gasteiger partial charge in [-0.3, -0.25) is 4.79 Å². The lowest BCUT2D eigenvalue weighted by Gasteiger charge is -2.27. The van der Waals surface area contributed by atoms with E-state index in [9.17, 15) is 4.79 Å². The van der Waals surface area contributed by atoms with Crippen molar-refractivity contribution in [2.24, 2.45) is 0 Å². The number of halogens is 2. The summed E-state index contributed by atoms with van der Waals surface area (Å²) in [6.07, 6.45) is 4.38. The first-order chi connectivity index (χ1) is 12.2. The highest BCUT2D eigenvalue weighted by Gasteiger charge is 2.37. The number of nitrogens with zero attached hydrogens (tertiary/aromatic N) is 2. The van der Waals surface area contributed by atoms with Gasteiger partial charge in [-0.1, -0.05) is 30.3 Å². The zero-order valence-electron chi connectivity index (χ0n) is 15.5. The molecular weight excluding hydrogens is 385 g/mol. The first kappa shape index (κ1) is 21.7. The van der Waals surface area contributed by atoms with Crippen LogP contribution in [0.2, 0.25) is 0 Å². The standard InChI is InChI=1S/C20H25N3O2.2ClH/c1-14-20(15-5-3-2-4-6-15)25-18(22-14)9-10-19(24)23-16-7-8-17(23)13-21-12-11-16;;/h2-6,16-17,21H,7-13H2,1H3;2*1H. The summed E-state index contributed by atoms with van der Waals surface area (Å²) in [5, 5.41) is 3.44. The van der Waals surface area contributed by atoms with Crippen LogP contribution in [0.25, 0.3) is 11.3 Å². The molecule has 2 saturated heterocycles. The Labute approximate surface area is 172 Å². The van der Waals surface area contributed by atoms with E-state index in [-0.39, 0.29) is 30.7 Å². The molecule has 27 heavy (non-hydrogen) atoms. The first-order valence-corrected chi connectivity index (χ1v) is 9.26. The van der Waals surface area contributed by atoms with Gasteiger partial charge in [0.1, 0.15) is 0 Å². The zero-order valence-corrected chi connectivity index (χ0v) is 17.2. The van der Waals surface area contributed by atoms with Crippen LogP contribution in [0, 0.1) is 6.92 Å². The van der Waals surface area contributed by atoms with Crippen molar-refractivity contribution in [2.45, 2.75) is 51.1 Å². The quantitative estimate of drug-likeness (QED) is 0.831. The van der Waals surface area contributed by atoms with Crippen molar-refractivity contribution in [1.29, 1.82) is 0 Å². The van der Waals surface area contributed by atoms with Crippen LogP contribution in [0.4, 0.5) is 0 Å². The number of aromatic nitrogens is 1. The second-order valence-corrected chi connectivity index (χ2v) is 7.07. The maximum Gasteiger partial charge on any atom is 0.223 e. The largest absolute Gasteiger partial charge is 0.440 e. The number of carbonyl (C=O) groups is 1. The molecule has 2 aromatic rings. The van der Waals surface area contributed by atoms with Gasteiger partial charge >= 0.3 is 0 Å². The summed E-state index contributed by atoms with van der Waals surface area (Å²) in [4.78, 5) is 19.4. The smallest absolute Gasteiger partial charge is 0.223 e. The summed E-state index contributed by atoms with van der Waals surface area (Å²) >= 11 is 0. The van der Waals surface area contributed by atoms with Gasteiger partial charge in [0.25, 0.3) is 0 Å². The number of hydrogen-bond acceptors (Lipinski definition) is 4. The fraction of sp³-hybridized carbons (Fsp3) is 0.500. The maximum atomic E-state index is 12.8. The van der Waals surface area contributed by atoms with Gasteiger partial charge in [0.15, 0.2) is 11.7 Å². The highest BCUT2D eigenvalue weighted by Crippen LogP contribution is 2.29. The Morgan fingerprint density at radius 3 is 2.70 bits per heavy atom. The number of hydrogen-bond donors (Lipinski definition) is 1. The molecule has 1 amide bonds. The first-order valence-electron chi connectivity index (χ1n) is 9.26. The molecule has 0 spiro atoms. The molecule has 2 aliphatic rings. The molecule has 2 bridgehead atoms.